The van der Waals surface area contributed by atoms with Gasteiger partial charge in [0.1, 0.15) is 0 Å². The lowest BCUT2D eigenvalue weighted by molar-refractivity contribution is 0.345. The van der Waals surface area contributed by atoms with Crippen LogP contribution < -0.4 is 0 Å². The molecule has 84 valence electrons. The van der Waals surface area contributed by atoms with Gasteiger partial charge in [-0.1, -0.05) is 50.1 Å². The predicted octanol–water partition coefficient (Wildman–Crippen LogP) is 4.89. The van der Waals surface area contributed by atoms with Gasteiger partial charge in [0.2, 0.25) is 0 Å². The summed E-state index contributed by atoms with van der Waals surface area (Å²) in [7, 11) is 0. The average Bonchev–Trinajstić information content (AvgIpc) is 1.99. The monoisotopic (exact) mass is 204 g/mol. The molecule has 1 aliphatic rings. The van der Waals surface area contributed by atoms with E-state index in [-0.39, 0.29) is 0 Å². The number of rotatable bonds is 1. The summed E-state index contributed by atoms with van der Waals surface area (Å²) in [5.74, 6) is 0.611. The molecule has 0 spiro atoms. The summed E-state index contributed by atoms with van der Waals surface area (Å²) in [6.45, 7) is 13.6. The second-order valence-corrected chi connectivity index (χ2v) is 6.07. The molecule has 0 saturated heterocycles. The normalized spacial score (nSPS) is 21.6. The minimum atomic E-state index is 0.396. The van der Waals surface area contributed by atoms with Gasteiger partial charge in [-0.3, -0.25) is 0 Å². The Morgan fingerprint density at radius 2 is 1.80 bits per heavy atom. The molecule has 0 amide bonds. The fraction of sp³-hybridized carbons (Fsp3) is 0.600. The smallest absolute Gasteiger partial charge is 0.00279 e. The van der Waals surface area contributed by atoms with E-state index in [1.807, 2.05) is 0 Å². The van der Waals surface area contributed by atoms with E-state index in [9.17, 15) is 0 Å². The van der Waals surface area contributed by atoms with Gasteiger partial charge in [-0.2, -0.15) is 0 Å². The zero-order chi connectivity index (χ0) is 11.6. The van der Waals surface area contributed by atoms with E-state index in [1.54, 1.807) is 0 Å². The van der Waals surface area contributed by atoms with Crippen LogP contribution in [0.1, 0.15) is 48.0 Å². The van der Waals surface area contributed by atoms with Crippen molar-refractivity contribution in [3.8, 4) is 0 Å². The molecule has 0 heteroatoms. The molecule has 0 bridgehead atoms. The lowest BCUT2D eigenvalue weighted by Crippen LogP contribution is -2.15. The lowest BCUT2D eigenvalue weighted by Gasteiger charge is -2.28. The van der Waals surface area contributed by atoms with Gasteiger partial charge < -0.3 is 0 Å². The summed E-state index contributed by atoms with van der Waals surface area (Å²) < 4.78 is 0. The molecule has 0 nitrogen and oxygen atoms in total. The summed E-state index contributed by atoms with van der Waals surface area (Å²) in [4.78, 5) is 0. The summed E-state index contributed by atoms with van der Waals surface area (Å²) >= 11 is 0. The van der Waals surface area contributed by atoms with E-state index >= 15 is 0 Å². The third kappa shape index (κ3) is 3.70. The molecular formula is C15H24. The first kappa shape index (κ1) is 12.3. The third-order valence-electron chi connectivity index (χ3n) is 2.80. The first-order valence-corrected chi connectivity index (χ1v) is 5.83. The van der Waals surface area contributed by atoms with E-state index in [4.69, 9.17) is 0 Å². The van der Waals surface area contributed by atoms with Gasteiger partial charge in [-0.15, -0.1) is 0 Å². The van der Waals surface area contributed by atoms with E-state index in [1.165, 1.54) is 23.1 Å². The van der Waals surface area contributed by atoms with E-state index in [0.717, 1.165) is 0 Å². The Morgan fingerprint density at radius 1 is 1.20 bits per heavy atom. The van der Waals surface area contributed by atoms with Crippen molar-refractivity contribution in [3.63, 3.8) is 0 Å². The van der Waals surface area contributed by atoms with Crippen LogP contribution in [0.4, 0.5) is 0 Å². The van der Waals surface area contributed by atoms with Crippen LogP contribution in [0.2, 0.25) is 0 Å². The fourth-order valence-corrected chi connectivity index (χ4v) is 2.17. The van der Waals surface area contributed by atoms with Gasteiger partial charge in [-0.05, 0) is 38.2 Å². The van der Waals surface area contributed by atoms with E-state index < -0.39 is 0 Å². The second-order valence-electron chi connectivity index (χ2n) is 6.07. The second kappa shape index (κ2) is 4.38. The fourth-order valence-electron chi connectivity index (χ4n) is 2.17. The van der Waals surface area contributed by atoms with Crippen LogP contribution >= 0.6 is 0 Å². The largest absolute Gasteiger partial charge is 0.0741 e. The molecule has 0 aliphatic heterocycles. The Hall–Kier alpha value is -0.780. The number of allylic oxidation sites excluding steroid dienone is 6. The molecule has 0 fully saturated rings. The van der Waals surface area contributed by atoms with Crippen LogP contribution in [0.25, 0.3) is 0 Å². The Morgan fingerprint density at radius 3 is 2.27 bits per heavy atom. The Bertz CT molecular complexity index is 314. The van der Waals surface area contributed by atoms with Gasteiger partial charge in [0.05, 0.1) is 0 Å². The molecule has 0 radical (unpaired) electrons. The molecular weight excluding hydrogens is 180 g/mol. The van der Waals surface area contributed by atoms with Gasteiger partial charge in [-0.25, -0.2) is 0 Å². The molecule has 0 aromatic rings. The minimum absolute atomic E-state index is 0.396. The third-order valence-corrected chi connectivity index (χ3v) is 2.80. The maximum Gasteiger partial charge on any atom is 0.00279 e. The molecule has 0 heterocycles. The van der Waals surface area contributed by atoms with Gasteiger partial charge in [0.25, 0.3) is 0 Å². The molecule has 1 rings (SSSR count). The first-order chi connectivity index (χ1) is 6.79. The molecule has 15 heavy (non-hydrogen) atoms. The van der Waals surface area contributed by atoms with Gasteiger partial charge in [0.15, 0.2) is 0 Å². The molecule has 0 aromatic carbocycles. The highest BCUT2D eigenvalue weighted by atomic mass is 14.3. The summed E-state index contributed by atoms with van der Waals surface area (Å²) in [5, 5.41) is 0. The molecule has 1 aliphatic carbocycles. The Kier molecular flexibility index (Phi) is 3.59. The van der Waals surface area contributed by atoms with Crippen molar-refractivity contribution in [2.24, 2.45) is 11.3 Å². The highest BCUT2D eigenvalue weighted by molar-refractivity contribution is 5.39. The van der Waals surface area contributed by atoms with Crippen LogP contribution in [0.5, 0.6) is 0 Å². The summed E-state index contributed by atoms with van der Waals surface area (Å²) in [6.07, 6.45) is 8.16. The van der Waals surface area contributed by atoms with Crippen molar-refractivity contribution in [2.45, 2.75) is 48.0 Å². The highest BCUT2D eigenvalue weighted by Crippen LogP contribution is 2.34. The average molecular weight is 204 g/mol. The van der Waals surface area contributed by atoms with Crippen molar-refractivity contribution in [1.82, 2.24) is 0 Å². The molecule has 1 unspecified atom stereocenters. The lowest BCUT2D eigenvalue weighted by atomic mass is 9.77. The van der Waals surface area contributed by atoms with E-state index in [0.29, 0.717) is 11.3 Å². The van der Waals surface area contributed by atoms with Crippen molar-refractivity contribution < 1.29 is 0 Å². The maximum atomic E-state index is 2.41. The quantitative estimate of drug-likeness (QED) is 0.570. The zero-order valence-corrected chi connectivity index (χ0v) is 11.0. The molecule has 1 atom stereocenters. The van der Waals surface area contributed by atoms with Crippen LogP contribution in [0.3, 0.4) is 0 Å². The summed E-state index contributed by atoms with van der Waals surface area (Å²) in [6, 6.07) is 0. The molecule has 0 N–H and O–H groups in total. The predicted molar refractivity (Wildman–Crippen MR) is 68.8 cm³/mol. The minimum Gasteiger partial charge on any atom is -0.0741 e. The molecule has 0 aromatic heterocycles. The van der Waals surface area contributed by atoms with Crippen LogP contribution in [0, 0.1) is 11.3 Å². The Balaban J connectivity index is 2.94. The van der Waals surface area contributed by atoms with Crippen molar-refractivity contribution >= 4 is 0 Å². The first-order valence-electron chi connectivity index (χ1n) is 5.83. The SMILES string of the molecule is CC1=CC(CC(C)(C)C)C(=C(C)C)C=C1. The van der Waals surface area contributed by atoms with Crippen LogP contribution in [-0.4, -0.2) is 0 Å². The number of hydrogen-bond donors (Lipinski definition) is 0. The van der Waals surface area contributed by atoms with Crippen LogP contribution in [0.15, 0.2) is 34.9 Å². The highest BCUT2D eigenvalue weighted by Gasteiger charge is 2.21. The molecule has 0 saturated carbocycles. The standard InChI is InChI=1S/C15H24/c1-11(2)14-8-7-12(3)9-13(14)10-15(4,5)6/h7-9,13H,10H2,1-6H3. The zero-order valence-electron chi connectivity index (χ0n) is 11.0. The topological polar surface area (TPSA) is 0 Å². The number of hydrogen-bond acceptors (Lipinski definition) is 0. The van der Waals surface area contributed by atoms with Crippen molar-refractivity contribution in [2.75, 3.05) is 0 Å². The van der Waals surface area contributed by atoms with Crippen molar-refractivity contribution in [3.05, 3.63) is 34.9 Å². The Labute approximate surface area is 94.8 Å². The maximum absolute atomic E-state index is 2.41. The summed E-state index contributed by atoms with van der Waals surface area (Å²) in [5.41, 5.74) is 4.75. The van der Waals surface area contributed by atoms with Gasteiger partial charge >= 0.3 is 0 Å². The van der Waals surface area contributed by atoms with E-state index in [2.05, 4.69) is 59.8 Å². The van der Waals surface area contributed by atoms with Crippen molar-refractivity contribution in [1.29, 1.82) is 0 Å². The van der Waals surface area contributed by atoms with Crippen LogP contribution in [-0.2, 0) is 0 Å². The van der Waals surface area contributed by atoms with Gasteiger partial charge in [0, 0.05) is 5.92 Å².